The number of fused-ring (bicyclic) bond motifs is 1. The van der Waals surface area contributed by atoms with Gasteiger partial charge in [0.1, 0.15) is 12.7 Å². The van der Waals surface area contributed by atoms with E-state index in [1.165, 1.54) is 5.56 Å². The number of nitrogens with zero attached hydrogens (tertiary/aromatic N) is 2. The molecule has 3 rings (SSSR count). The van der Waals surface area contributed by atoms with Crippen molar-refractivity contribution in [3.8, 4) is 11.5 Å². The molecule has 0 saturated heterocycles. The lowest BCUT2D eigenvalue weighted by Gasteiger charge is -2.27. The number of nitrogens with one attached hydrogen (secondary N) is 1. The summed E-state index contributed by atoms with van der Waals surface area (Å²) >= 11 is 0. The number of aryl methyl sites for hydroxylation is 1. The van der Waals surface area contributed by atoms with E-state index in [0.29, 0.717) is 6.61 Å². The average molecular weight is 273 g/mol. The Hall–Kier alpha value is -2.01. The molecule has 1 aromatic carbocycles. The van der Waals surface area contributed by atoms with Crippen LogP contribution in [0.1, 0.15) is 18.5 Å². The largest absolute Gasteiger partial charge is 0.486 e. The highest BCUT2D eigenvalue weighted by Gasteiger charge is 2.21. The van der Waals surface area contributed by atoms with E-state index in [2.05, 4.69) is 17.3 Å². The summed E-state index contributed by atoms with van der Waals surface area (Å²) in [6.07, 6.45) is 3.93. The minimum absolute atomic E-state index is 0.0315. The van der Waals surface area contributed by atoms with Crippen LogP contribution in [0.4, 0.5) is 0 Å². The number of rotatable bonds is 4. The molecule has 5 nitrogen and oxygen atoms in total. The standard InChI is InChI=1S/C15H19N3O2/c1-11(12-7-17-18(2)9-12)16-8-13-10-19-14-5-3-4-6-15(14)20-13/h3-7,9,11,13,16H,8,10H2,1-2H3. The molecule has 0 bridgehead atoms. The fourth-order valence-electron chi connectivity index (χ4n) is 2.25. The molecule has 20 heavy (non-hydrogen) atoms. The molecule has 0 amide bonds. The molecule has 1 aromatic heterocycles. The minimum Gasteiger partial charge on any atom is -0.486 e. The van der Waals surface area contributed by atoms with Crippen LogP contribution in [-0.2, 0) is 7.05 Å². The highest BCUT2D eigenvalue weighted by Crippen LogP contribution is 2.30. The zero-order chi connectivity index (χ0) is 13.9. The lowest BCUT2D eigenvalue weighted by Crippen LogP contribution is -2.39. The van der Waals surface area contributed by atoms with Crippen LogP contribution in [0.15, 0.2) is 36.7 Å². The van der Waals surface area contributed by atoms with Gasteiger partial charge in [-0.05, 0) is 19.1 Å². The van der Waals surface area contributed by atoms with E-state index in [1.807, 2.05) is 48.4 Å². The van der Waals surface area contributed by atoms with Crippen molar-refractivity contribution >= 4 is 0 Å². The number of benzene rings is 1. The third-order valence-corrected chi connectivity index (χ3v) is 3.44. The Balaban J connectivity index is 1.55. The maximum absolute atomic E-state index is 5.92. The van der Waals surface area contributed by atoms with Gasteiger partial charge in [0.05, 0.1) is 6.20 Å². The van der Waals surface area contributed by atoms with Crippen molar-refractivity contribution in [3.05, 3.63) is 42.2 Å². The van der Waals surface area contributed by atoms with Crippen molar-refractivity contribution in [2.24, 2.45) is 7.05 Å². The topological polar surface area (TPSA) is 48.3 Å². The molecule has 1 aliphatic heterocycles. The van der Waals surface area contributed by atoms with E-state index < -0.39 is 0 Å². The van der Waals surface area contributed by atoms with Gasteiger partial charge in [-0.25, -0.2) is 0 Å². The van der Waals surface area contributed by atoms with E-state index in [4.69, 9.17) is 9.47 Å². The fourth-order valence-corrected chi connectivity index (χ4v) is 2.25. The van der Waals surface area contributed by atoms with Gasteiger partial charge in [-0.1, -0.05) is 12.1 Å². The molecule has 2 aromatic rings. The number of para-hydroxylation sites is 2. The number of hydrogen-bond donors (Lipinski definition) is 1. The van der Waals surface area contributed by atoms with Crippen LogP contribution >= 0.6 is 0 Å². The van der Waals surface area contributed by atoms with Crippen molar-refractivity contribution in [1.29, 1.82) is 0 Å². The smallest absolute Gasteiger partial charge is 0.161 e. The van der Waals surface area contributed by atoms with Crippen LogP contribution in [0.3, 0.4) is 0 Å². The van der Waals surface area contributed by atoms with Crippen molar-refractivity contribution in [3.63, 3.8) is 0 Å². The van der Waals surface area contributed by atoms with Crippen LogP contribution in [0.5, 0.6) is 11.5 Å². The molecule has 0 radical (unpaired) electrons. The van der Waals surface area contributed by atoms with E-state index in [-0.39, 0.29) is 12.1 Å². The minimum atomic E-state index is 0.0315. The number of aromatic nitrogens is 2. The van der Waals surface area contributed by atoms with Gasteiger partial charge < -0.3 is 14.8 Å². The van der Waals surface area contributed by atoms with Crippen LogP contribution in [0.25, 0.3) is 0 Å². The summed E-state index contributed by atoms with van der Waals surface area (Å²) in [4.78, 5) is 0. The van der Waals surface area contributed by atoms with Gasteiger partial charge in [-0.15, -0.1) is 0 Å². The lowest BCUT2D eigenvalue weighted by molar-refractivity contribution is 0.0886. The monoisotopic (exact) mass is 273 g/mol. The molecular formula is C15H19N3O2. The van der Waals surface area contributed by atoms with E-state index in [1.54, 1.807) is 0 Å². The third-order valence-electron chi connectivity index (χ3n) is 3.44. The highest BCUT2D eigenvalue weighted by atomic mass is 16.6. The molecular weight excluding hydrogens is 254 g/mol. The van der Waals surface area contributed by atoms with Crippen molar-refractivity contribution < 1.29 is 9.47 Å². The van der Waals surface area contributed by atoms with Gasteiger partial charge in [0.2, 0.25) is 0 Å². The third kappa shape index (κ3) is 2.77. The van der Waals surface area contributed by atoms with Crippen molar-refractivity contribution in [1.82, 2.24) is 15.1 Å². The van der Waals surface area contributed by atoms with Gasteiger partial charge in [-0.3, -0.25) is 4.68 Å². The quantitative estimate of drug-likeness (QED) is 0.924. The van der Waals surface area contributed by atoms with Gasteiger partial charge in [-0.2, -0.15) is 5.10 Å². The summed E-state index contributed by atoms with van der Waals surface area (Å²) in [5.74, 6) is 1.64. The van der Waals surface area contributed by atoms with Crippen LogP contribution < -0.4 is 14.8 Å². The highest BCUT2D eigenvalue weighted by molar-refractivity contribution is 5.40. The second kappa shape index (κ2) is 5.54. The first kappa shape index (κ1) is 13.0. The Morgan fingerprint density at radius 3 is 2.95 bits per heavy atom. The summed E-state index contributed by atoms with van der Waals surface area (Å²) in [6.45, 7) is 3.43. The van der Waals surface area contributed by atoms with Crippen molar-refractivity contribution in [2.45, 2.75) is 19.1 Å². The van der Waals surface area contributed by atoms with E-state index in [9.17, 15) is 0 Å². The average Bonchev–Trinajstić information content (AvgIpc) is 2.91. The maximum atomic E-state index is 5.92. The van der Waals surface area contributed by atoms with Gasteiger partial charge in [0.15, 0.2) is 11.5 Å². The second-order valence-corrected chi connectivity index (χ2v) is 5.07. The molecule has 0 fully saturated rings. The maximum Gasteiger partial charge on any atom is 0.161 e. The first-order valence-electron chi connectivity index (χ1n) is 6.83. The van der Waals surface area contributed by atoms with Gasteiger partial charge in [0, 0.05) is 31.4 Å². The molecule has 0 saturated carbocycles. The molecule has 1 N–H and O–H groups in total. The Bertz CT molecular complexity index is 582. The first-order valence-corrected chi connectivity index (χ1v) is 6.83. The summed E-state index contributed by atoms with van der Waals surface area (Å²) in [5.41, 5.74) is 1.17. The molecule has 2 heterocycles. The summed E-state index contributed by atoms with van der Waals surface area (Å²) in [5, 5.41) is 7.64. The molecule has 5 heteroatoms. The number of ether oxygens (including phenoxy) is 2. The Morgan fingerprint density at radius 2 is 2.20 bits per heavy atom. The zero-order valence-electron chi connectivity index (χ0n) is 11.7. The zero-order valence-corrected chi connectivity index (χ0v) is 11.7. The summed E-state index contributed by atoms with van der Waals surface area (Å²) in [7, 11) is 1.92. The predicted octanol–water partition coefficient (Wildman–Crippen LogP) is 1.91. The molecule has 1 aliphatic rings. The second-order valence-electron chi connectivity index (χ2n) is 5.07. The molecule has 0 aliphatic carbocycles. The predicted molar refractivity (Wildman–Crippen MR) is 76.0 cm³/mol. The SMILES string of the molecule is CC(NCC1COc2ccccc2O1)c1cnn(C)c1. The lowest BCUT2D eigenvalue weighted by atomic mass is 10.2. The summed E-state index contributed by atoms with van der Waals surface area (Å²) < 4.78 is 13.4. The van der Waals surface area contributed by atoms with Crippen LogP contribution in [0, 0.1) is 0 Å². The fraction of sp³-hybridized carbons (Fsp3) is 0.400. The Labute approximate surface area is 118 Å². The first-order chi connectivity index (χ1) is 9.72. The molecule has 2 unspecified atom stereocenters. The van der Waals surface area contributed by atoms with E-state index in [0.717, 1.165) is 18.0 Å². The summed E-state index contributed by atoms with van der Waals surface area (Å²) in [6, 6.07) is 8.01. The molecule has 2 atom stereocenters. The molecule has 0 spiro atoms. The van der Waals surface area contributed by atoms with Crippen LogP contribution in [0.2, 0.25) is 0 Å². The van der Waals surface area contributed by atoms with Gasteiger partial charge >= 0.3 is 0 Å². The number of hydrogen-bond acceptors (Lipinski definition) is 4. The molecule has 106 valence electrons. The van der Waals surface area contributed by atoms with Crippen molar-refractivity contribution in [2.75, 3.05) is 13.2 Å². The van der Waals surface area contributed by atoms with E-state index >= 15 is 0 Å². The normalized spacial score (nSPS) is 18.8. The van der Waals surface area contributed by atoms with Crippen LogP contribution in [-0.4, -0.2) is 29.0 Å². The Morgan fingerprint density at radius 1 is 1.40 bits per heavy atom. The van der Waals surface area contributed by atoms with Gasteiger partial charge in [0.25, 0.3) is 0 Å². The Kier molecular flexibility index (Phi) is 3.60.